The number of amides is 1. The van der Waals surface area contributed by atoms with Crippen LogP contribution in [0.4, 0.5) is 5.69 Å². The molecule has 1 aliphatic rings. The summed E-state index contributed by atoms with van der Waals surface area (Å²) < 4.78 is 0. The third-order valence-corrected chi connectivity index (χ3v) is 5.73. The SMILES string of the molecule is Cc1cc(Cl)c2c(c1)C(c1cccc(NC(=O)CCCC(O)CO)c1)CN(C)C2. The fourth-order valence-corrected chi connectivity index (χ4v) is 4.29. The summed E-state index contributed by atoms with van der Waals surface area (Å²) in [5.41, 5.74) is 5.50. The number of aliphatic hydroxyl groups excluding tert-OH is 2. The molecule has 0 aromatic heterocycles. The van der Waals surface area contributed by atoms with Gasteiger partial charge >= 0.3 is 0 Å². The van der Waals surface area contributed by atoms with Crippen LogP contribution in [0.3, 0.4) is 0 Å². The van der Waals surface area contributed by atoms with Crippen LogP contribution in [0.5, 0.6) is 0 Å². The summed E-state index contributed by atoms with van der Waals surface area (Å²) in [6, 6.07) is 12.2. The number of hydrogen-bond donors (Lipinski definition) is 3. The van der Waals surface area contributed by atoms with Crippen molar-refractivity contribution in [1.82, 2.24) is 4.90 Å². The number of halogens is 1. The summed E-state index contributed by atoms with van der Waals surface area (Å²) in [6.07, 6.45) is 0.497. The van der Waals surface area contributed by atoms with E-state index in [0.29, 0.717) is 19.3 Å². The van der Waals surface area contributed by atoms with E-state index in [-0.39, 0.29) is 18.4 Å². The van der Waals surface area contributed by atoms with Crippen LogP contribution < -0.4 is 5.32 Å². The maximum atomic E-state index is 12.2. The Kier molecular flexibility index (Phi) is 7.30. The molecule has 0 saturated heterocycles. The lowest BCUT2D eigenvalue weighted by molar-refractivity contribution is -0.116. The van der Waals surface area contributed by atoms with Crippen molar-refractivity contribution in [1.29, 1.82) is 0 Å². The van der Waals surface area contributed by atoms with Gasteiger partial charge < -0.3 is 20.4 Å². The summed E-state index contributed by atoms with van der Waals surface area (Å²) in [5.74, 6) is 0.102. The number of carbonyl (C=O) groups is 1. The molecule has 0 aliphatic carbocycles. The van der Waals surface area contributed by atoms with Gasteiger partial charge in [-0.2, -0.15) is 0 Å². The smallest absolute Gasteiger partial charge is 0.224 e. The number of nitrogens with zero attached hydrogens (tertiary/aromatic N) is 1. The maximum absolute atomic E-state index is 12.2. The molecule has 2 unspecified atom stereocenters. The fraction of sp³-hybridized carbons (Fsp3) is 0.435. The average Bonchev–Trinajstić information content (AvgIpc) is 2.68. The number of nitrogens with one attached hydrogen (secondary N) is 1. The number of aliphatic hydroxyl groups is 2. The van der Waals surface area contributed by atoms with Gasteiger partial charge in [-0.3, -0.25) is 4.79 Å². The minimum absolute atomic E-state index is 0.0904. The topological polar surface area (TPSA) is 72.8 Å². The Balaban J connectivity index is 1.76. The van der Waals surface area contributed by atoms with Crippen molar-refractivity contribution in [3.8, 4) is 0 Å². The standard InChI is InChI=1S/C23H29ClN2O3/c1-15-9-19-20(12-26(2)13-21(19)22(24)10-15)16-5-3-6-17(11-16)25-23(29)8-4-7-18(28)14-27/h3,5-6,9-11,18,20,27-28H,4,7-8,12-14H2,1-2H3,(H,25,29). The highest BCUT2D eigenvalue weighted by Crippen LogP contribution is 2.37. The second-order valence-electron chi connectivity index (χ2n) is 7.97. The maximum Gasteiger partial charge on any atom is 0.224 e. The van der Waals surface area contributed by atoms with E-state index in [9.17, 15) is 9.90 Å². The molecule has 3 N–H and O–H groups in total. The monoisotopic (exact) mass is 416 g/mol. The van der Waals surface area contributed by atoms with E-state index in [1.807, 2.05) is 24.3 Å². The van der Waals surface area contributed by atoms with Crippen LogP contribution in [0.1, 0.15) is 47.4 Å². The average molecular weight is 417 g/mol. The number of benzene rings is 2. The van der Waals surface area contributed by atoms with Crippen molar-refractivity contribution in [2.75, 3.05) is 25.5 Å². The highest BCUT2D eigenvalue weighted by atomic mass is 35.5. The number of aryl methyl sites for hydroxylation is 1. The Bertz CT molecular complexity index is 871. The van der Waals surface area contributed by atoms with Crippen LogP contribution in [0.25, 0.3) is 0 Å². The first-order chi connectivity index (χ1) is 13.9. The second kappa shape index (κ2) is 9.72. The van der Waals surface area contributed by atoms with Crippen LogP contribution in [0.15, 0.2) is 36.4 Å². The van der Waals surface area contributed by atoms with Gasteiger partial charge in [0.2, 0.25) is 5.91 Å². The van der Waals surface area contributed by atoms with Crippen molar-refractivity contribution in [3.63, 3.8) is 0 Å². The Hall–Kier alpha value is -1.92. The first-order valence-corrected chi connectivity index (χ1v) is 10.4. The van der Waals surface area contributed by atoms with Crippen LogP contribution in [0.2, 0.25) is 5.02 Å². The van der Waals surface area contributed by atoms with E-state index in [1.165, 1.54) is 11.1 Å². The van der Waals surface area contributed by atoms with Gasteiger partial charge in [0, 0.05) is 36.1 Å². The molecule has 0 radical (unpaired) electrons. The number of rotatable bonds is 7. The Morgan fingerprint density at radius 1 is 1.34 bits per heavy atom. The minimum Gasteiger partial charge on any atom is -0.394 e. The Morgan fingerprint density at radius 2 is 2.14 bits per heavy atom. The molecule has 1 heterocycles. The summed E-state index contributed by atoms with van der Waals surface area (Å²) in [7, 11) is 2.10. The molecule has 0 fully saturated rings. The molecule has 5 nitrogen and oxygen atoms in total. The van der Waals surface area contributed by atoms with Gasteiger partial charge in [-0.1, -0.05) is 29.8 Å². The van der Waals surface area contributed by atoms with E-state index < -0.39 is 6.10 Å². The van der Waals surface area contributed by atoms with Gasteiger partial charge in [0.15, 0.2) is 0 Å². The normalized spacial score (nSPS) is 17.6. The summed E-state index contributed by atoms with van der Waals surface area (Å²) in [4.78, 5) is 14.5. The zero-order valence-corrected chi connectivity index (χ0v) is 17.7. The van der Waals surface area contributed by atoms with Gasteiger partial charge in [-0.15, -0.1) is 0 Å². The minimum atomic E-state index is -0.759. The molecule has 0 bridgehead atoms. The van der Waals surface area contributed by atoms with Crippen molar-refractivity contribution in [3.05, 3.63) is 63.7 Å². The highest BCUT2D eigenvalue weighted by Gasteiger charge is 2.27. The van der Waals surface area contributed by atoms with Gasteiger partial charge in [-0.25, -0.2) is 0 Å². The van der Waals surface area contributed by atoms with Crippen molar-refractivity contribution in [2.24, 2.45) is 0 Å². The predicted octanol–water partition coefficient (Wildman–Crippen LogP) is 3.69. The van der Waals surface area contributed by atoms with Crippen LogP contribution in [-0.4, -0.2) is 47.3 Å². The molecule has 0 saturated carbocycles. The first-order valence-electron chi connectivity index (χ1n) is 10.0. The molecule has 1 amide bonds. The third-order valence-electron chi connectivity index (χ3n) is 5.40. The van der Waals surface area contributed by atoms with E-state index in [1.54, 1.807) is 0 Å². The number of hydrogen-bond acceptors (Lipinski definition) is 4. The predicted molar refractivity (Wildman–Crippen MR) is 116 cm³/mol. The molecule has 1 aliphatic heterocycles. The molecule has 29 heavy (non-hydrogen) atoms. The number of anilines is 1. The molecule has 2 aromatic rings. The van der Waals surface area contributed by atoms with Crippen molar-refractivity contribution in [2.45, 2.75) is 44.8 Å². The first kappa shape index (κ1) is 21.8. The molecule has 6 heteroatoms. The summed E-state index contributed by atoms with van der Waals surface area (Å²) in [5, 5.41) is 22.0. The second-order valence-corrected chi connectivity index (χ2v) is 8.37. The molecule has 2 atom stereocenters. The fourth-order valence-electron chi connectivity index (χ4n) is 3.95. The van der Waals surface area contributed by atoms with Crippen LogP contribution in [-0.2, 0) is 11.3 Å². The molecule has 0 spiro atoms. The van der Waals surface area contributed by atoms with Gasteiger partial charge in [0.25, 0.3) is 0 Å². The Morgan fingerprint density at radius 3 is 2.90 bits per heavy atom. The summed E-state index contributed by atoms with van der Waals surface area (Å²) >= 11 is 6.53. The number of fused-ring (bicyclic) bond motifs is 1. The van der Waals surface area contributed by atoms with Gasteiger partial charge in [0.1, 0.15) is 0 Å². The largest absolute Gasteiger partial charge is 0.394 e. The lowest BCUT2D eigenvalue weighted by atomic mass is 9.84. The summed E-state index contributed by atoms with van der Waals surface area (Å²) in [6.45, 7) is 3.51. The van der Waals surface area contributed by atoms with Gasteiger partial charge in [0.05, 0.1) is 12.7 Å². The van der Waals surface area contributed by atoms with Crippen molar-refractivity contribution >= 4 is 23.2 Å². The molecular formula is C23H29ClN2O3. The van der Waals surface area contributed by atoms with Crippen LogP contribution in [0, 0.1) is 6.92 Å². The lowest BCUT2D eigenvalue weighted by Gasteiger charge is -2.33. The highest BCUT2D eigenvalue weighted by molar-refractivity contribution is 6.31. The number of carbonyl (C=O) groups excluding carboxylic acids is 1. The van der Waals surface area contributed by atoms with Crippen LogP contribution >= 0.6 is 11.6 Å². The Labute approximate surface area is 177 Å². The van der Waals surface area contributed by atoms with E-state index in [4.69, 9.17) is 16.7 Å². The zero-order chi connectivity index (χ0) is 21.0. The van der Waals surface area contributed by atoms with E-state index in [0.717, 1.165) is 34.9 Å². The number of likely N-dealkylation sites (N-methyl/N-ethyl adjacent to an activating group) is 1. The molecule has 156 valence electrons. The molecule has 3 rings (SSSR count). The molecule has 2 aromatic carbocycles. The van der Waals surface area contributed by atoms with E-state index >= 15 is 0 Å². The molecular weight excluding hydrogens is 388 g/mol. The van der Waals surface area contributed by atoms with Gasteiger partial charge in [-0.05, 0) is 67.3 Å². The quantitative estimate of drug-likeness (QED) is 0.643. The van der Waals surface area contributed by atoms with E-state index in [2.05, 4.69) is 36.3 Å². The third kappa shape index (κ3) is 5.58. The lowest BCUT2D eigenvalue weighted by Crippen LogP contribution is -2.31. The van der Waals surface area contributed by atoms with Crippen molar-refractivity contribution < 1.29 is 15.0 Å². The zero-order valence-electron chi connectivity index (χ0n) is 17.0.